The van der Waals surface area contributed by atoms with Gasteiger partial charge in [-0.2, -0.15) is 9.97 Å². The molecule has 0 aliphatic heterocycles. The van der Waals surface area contributed by atoms with E-state index in [-0.39, 0.29) is 23.4 Å². The monoisotopic (exact) mass is 320 g/mol. The van der Waals surface area contributed by atoms with E-state index < -0.39 is 5.78 Å². The fourth-order valence-electron chi connectivity index (χ4n) is 1.95. The molecule has 4 aromatic heterocycles. The summed E-state index contributed by atoms with van der Waals surface area (Å²) in [6.45, 7) is 0. The lowest BCUT2D eigenvalue weighted by Crippen LogP contribution is -2.05. The van der Waals surface area contributed by atoms with E-state index >= 15 is 0 Å². The lowest BCUT2D eigenvalue weighted by atomic mass is 10.2. The van der Waals surface area contributed by atoms with Crippen LogP contribution in [0.3, 0.4) is 0 Å². The van der Waals surface area contributed by atoms with Gasteiger partial charge < -0.3 is 9.05 Å². The maximum atomic E-state index is 12.3. The molecule has 0 amide bonds. The van der Waals surface area contributed by atoms with Crippen LogP contribution in [-0.2, 0) is 0 Å². The number of aromatic nitrogens is 6. The van der Waals surface area contributed by atoms with Gasteiger partial charge in [-0.25, -0.2) is 0 Å². The molecule has 9 nitrogen and oxygen atoms in total. The summed E-state index contributed by atoms with van der Waals surface area (Å²) in [5.41, 5.74) is 1.31. The SMILES string of the molecule is O=C(c1noc(-c2ccncc2)n1)c1noc(-c2ccncc2)n1. The maximum absolute atomic E-state index is 12.3. The number of hydrogen-bond donors (Lipinski definition) is 0. The number of carbonyl (C=O) groups is 1. The van der Waals surface area contributed by atoms with Crippen molar-refractivity contribution in [2.75, 3.05) is 0 Å². The van der Waals surface area contributed by atoms with E-state index in [0.29, 0.717) is 11.1 Å². The molecule has 4 rings (SSSR count). The summed E-state index contributed by atoms with van der Waals surface area (Å²) in [7, 11) is 0. The Morgan fingerprint density at radius 3 is 1.54 bits per heavy atom. The van der Waals surface area contributed by atoms with E-state index in [9.17, 15) is 4.79 Å². The van der Waals surface area contributed by atoms with Gasteiger partial charge in [-0.1, -0.05) is 10.3 Å². The molecule has 0 unspecified atom stereocenters. The molecule has 116 valence electrons. The minimum atomic E-state index is -0.594. The summed E-state index contributed by atoms with van der Waals surface area (Å²) in [4.78, 5) is 28.2. The van der Waals surface area contributed by atoms with Gasteiger partial charge in [0.25, 0.3) is 17.6 Å². The number of pyridine rings is 2. The Morgan fingerprint density at radius 2 is 1.12 bits per heavy atom. The normalized spacial score (nSPS) is 10.7. The number of ketones is 1. The predicted molar refractivity (Wildman–Crippen MR) is 78.5 cm³/mol. The fraction of sp³-hybridized carbons (Fsp3) is 0. The second kappa shape index (κ2) is 5.80. The highest BCUT2D eigenvalue weighted by atomic mass is 16.5. The van der Waals surface area contributed by atoms with E-state index in [4.69, 9.17) is 9.05 Å². The lowest BCUT2D eigenvalue weighted by Gasteiger charge is -1.90. The van der Waals surface area contributed by atoms with Crippen molar-refractivity contribution >= 4 is 5.78 Å². The molecular formula is C15H8N6O3. The molecule has 0 aromatic carbocycles. The molecule has 24 heavy (non-hydrogen) atoms. The number of carbonyl (C=O) groups excluding carboxylic acids is 1. The van der Waals surface area contributed by atoms with Crippen molar-refractivity contribution in [2.24, 2.45) is 0 Å². The standard InChI is InChI=1S/C15H8N6O3/c22-11(12-18-14(23-20-12)9-1-5-16-6-2-9)13-19-15(24-21-13)10-3-7-17-8-4-10/h1-8H. The molecular weight excluding hydrogens is 312 g/mol. The first kappa shape index (κ1) is 13.9. The zero-order valence-corrected chi connectivity index (χ0v) is 12.0. The van der Waals surface area contributed by atoms with Crippen LogP contribution < -0.4 is 0 Å². The third kappa shape index (κ3) is 2.54. The Morgan fingerprint density at radius 1 is 0.708 bits per heavy atom. The molecule has 9 heteroatoms. The van der Waals surface area contributed by atoms with Gasteiger partial charge in [-0.15, -0.1) is 0 Å². The largest absolute Gasteiger partial charge is 0.333 e. The fourth-order valence-corrected chi connectivity index (χ4v) is 1.95. The summed E-state index contributed by atoms with van der Waals surface area (Å²) in [6.07, 6.45) is 6.34. The maximum Gasteiger partial charge on any atom is 0.274 e. The second-order valence-corrected chi connectivity index (χ2v) is 4.65. The Balaban J connectivity index is 1.61. The molecule has 0 fully saturated rings. The number of nitrogens with zero attached hydrogens (tertiary/aromatic N) is 6. The zero-order valence-electron chi connectivity index (χ0n) is 12.0. The van der Waals surface area contributed by atoms with Crippen LogP contribution >= 0.6 is 0 Å². The second-order valence-electron chi connectivity index (χ2n) is 4.65. The Bertz CT molecular complexity index is 901. The van der Waals surface area contributed by atoms with Crippen LogP contribution in [0.1, 0.15) is 16.4 Å². The smallest absolute Gasteiger partial charge is 0.274 e. The van der Waals surface area contributed by atoms with Crippen LogP contribution in [0.4, 0.5) is 0 Å². The van der Waals surface area contributed by atoms with Crippen molar-refractivity contribution in [3.63, 3.8) is 0 Å². The zero-order chi connectivity index (χ0) is 16.4. The summed E-state index contributed by atoms with van der Waals surface area (Å²) >= 11 is 0. The molecule has 0 saturated carbocycles. The van der Waals surface area contributed by atoms with Crippen molar-refractivity contribution in [1.82, 2.24) is 30.2 Å². The molecule has 0 atom stereocenters. The van der Waals surface area contributed by atoms with E-state index in [1.807, 2.05) is 0 Å². The molecule has 0 bridgehead atoms. The van der Waals surface area contributed by atoms with Crippen LogP contribution in [0.5, 0.6) is 0 Å². The van der Waals surface area contributed by atoms with Crippen LogP contribution in [0.2, 0.25) is 0 Å². The van der Waals surface area contributed by atoms with Gasteiger partial charge in [-0.05, 0) is 24.3 Å². The van der Waals surface area contributed by atoms with Crippen LogP contribution in [0, 0.1) is 0 Å². The highest BCUT2D eigenvalue weighted by Crippen LogP contribution is 2.18. The Hall–Kier alpha value is -3.75. The third-order valence-corrected chi connectivity index (χ3v) is 3.11. The molecule has 0 saturated heterocycles. The van der Waals surface area contributed by atoms with Gasteiger partial charge >= 0.3 is 0 Å². The summed E-state index contributed by atoms with van der Waals surface area (Å²) in [6, 6.07) is 6.77. The first-order valence-electron chi connectivity index (χ1n) is 6.84. The average molecular weight is 320 g/mol. The molecule has 0 radical (unpaired) electrons. The van der Waals surface area contributed by atoms with Crippen LogP contribution in [-0.4, -0.2) is 36.0 Å². The van der Waals surface area contributed by atoms with Crippen molar-refractivity contribution in [3.8, 4) is 22.9 Å². The van der Waals surface area contributed by atoms with Gasteiger partial charge in [0.05, 0.1) is 0 Å². The van der Waals surface area contributed by atoms with E-state index in [2.05, 4.69) is 30.2 Å². The third-order valence-electron chi connectivity index (χ3n) is 3.11. The molecule has 4 aromatic rings. The van der Waals surface area contributed by atoms with E-state index in [1.54, 1.807) is 49.1 Å². The number of hydrogen-bond acceptors (Lipinski definition) is 9. The summed E-state index contributed by atoms with van der Waals surface area (Å²) < 4.78 is 10.2. The van der Waals surface area contributed by atoms with Gasteiger partial charge in [0, 0.05) is 35.9 Å². The summed E-state index contributed by atoms with van der Waals surface area (Å²) in [5.74, 6) is -0.479. The van der Waals surface area contributed by atoms with Crippen LogP contribution in [0.25, 0.3) is 22.9 Å². The molecule has 0 spiro atoms. The van der Waals surface area contributed by atoms with Crippen molar-refractivity contribution < 1.29 is 13.8 Å². The molecule has 0 aliphatic rings. The summed E-state index contributed by atoms with van der Waals surface area (Å²) in [5, 5.41) is 7.33. The minimum absolute atomic E-state index is 0.149. The molecule has 0 aliphatic carbocycles. The Kier molecular flexibility index (Phi) is 3.35. The van der Waals surface area contributed by atoms with E-state index in [1.165, 1.54) is 0 Å². The quantitative estimate of drug-likeness (QED) is 0.518. The highest BCUT2D eigenvalue weighted by Gasteiger charge is 2.23. The Labute approximate surface area is 134 Å². The molecule has 4 heterocycles. The van der Waals surface area contributed by atoms with Gasteiger partial charge in [-0.3, -0.25) is 14.8 Å². The average Bonchev–Trinajstić information content (AvgIpc) is 3.33. The first-order chi connectivity index (χ1) is 11.8. The van der Waals surface area contributed by atoms with Crippen LogP contribution in [0.15, 0.2) is 58.1 Å². The topological polar surface area (TPSA) is 121 Å². The highest BCUT2D eigenvalue weighted by molar-refractivity contribution is 6.03. The van der Waals surface area contributed by atoms with Gasteiger partial charge in [0.2, 0.25) is 11.6 Å². The van der Waals surface area contributed by atoms with Crippen molar-refractivity contribution in [1.29, 1.82) is 0 Å². The van der Waals surface area contributed by atoms with E-state index in [0.717, 1.165) is 0 Å². The molecule has 0 N–H and O–H groups in total. The number of rotatable bonds is 4. The van der Waals surface area contributed by atoms with Gasteiger partial charge in [0.1, 0.15) is 0 Å². The van der Waals surface area contributed by atoms with Gasteiger partial charge in [0.15, 0.2) is 0 Å². The predicted octanol–water partition coefficient (Wildman–Crippen LogP) is 1.81. The lowest BCUT2D eigenvalue weighted by molar-refractivity contribution is 0.101. The van der Waals surface area contributed by atoms with Crippen molar-refractivity contribution in [2.45, 2.75) is 0 Å². The van der Waals surface area contributed by atoms with Crippen molar-refractivity contribution in [3.05, 3.63) is 60.7 Å². The first-order valence-corrected chi connectivity index (χ1v) is 6.84. The minimum Gasteiger partial charge on any atom is -0.333 e.